The van der Waals surface area contributed by atoms with Gasteiger partial charge in [-0.05, 0) is 92.1 Å². The van der Waals surface area contributed by atoms with Crippen LogP contribution in [0, 0.1) is 34.9 Å². The van der Waals surface area contributed by atoms with Crippen LogP contribution in [0.4, 0.5) is 32.0 Å². The van der Waals surface area contributed by atoms with Crippen molar-refractivity contribution in [2.24, 2.45) is 0 Å². The van der Waals surface area contributed by atoms with Crippen LogP contribution in [0.1, 0.15) is 65.4 Å². The second kappa shape index (κ2) is 19.1. The Balaban J connectivity index is 1.22. The van der Waals surface area contributed by atoms with Crippen LogP contribution >= 0.6 is 11.8 Å². The lowest BCUT2D eigenvalue weighted by Gasteiger charge is -2.37. The number of anilines is 1. The average Bonchev–Trinajstić information content (AvgIpc) is 3.75. The lowest BCUT2D eigenvalue weighted by Crippen LogP contribution is -2.48. The maximum atomic E-state index is 14.8. The van der Waals surface area contributed by atoms with Crippen molar-refractivity contribution in [1.82, 2.24) is 5.32 Å². The molecular formula is C50H44F6N2O4S. The number of hydrogen-bond donors (Lipinski definition) is 2. The van der Waals surface area contributed by atoms with Crippen molar-refractivity contribution in [3.8, 4) is 5.75 Å². The van der Waals surface area contributed by atoms with Gasteiger partial charge in [0.25, 0.3) is 0 Å². The van der Waals surface area contributed by atoms with Crippen LogP contribution < -0.4 is 15.4 Å². The molecule has 6 aromatic rings. The number of benzene rings is 6. The third-order valence-electron chi connectivity index (χ3n) is 10.7. The topological polar surface area (TPSA) is 76.7 Å². The van der Waals surface area contributed by atoms with Gasteiger partial charge in [0, 0.05) is 23.5 Å². The first-order chi connectivity index (χ1) is 30.1. The van der Waals surface area contributed by atoms with Crippen molar-refractivity contribution in [3.63, 3.8) is 0 Å². The Bertz CT molecular complexity index is 2430. The van der Waals surface area contributed by atoms with E-state index in [4.69, 9.17) is 9.47 Å². The summed E-state index contributed by atoms with van der Waals surface area (Å²) in [6.45, 7) is 5.71. The van der Waals surface area contributed by atoms with Gasteiger partial charge < -0.3 is 20.1 Å². The van der Waals surface area contributed by atoms with Crippen LogP contribution in [-0.2, 0) is 27.1 Å². The van der Waals surface area contributed by atoms with Crippen LogP contribution in [0.15, 0.2) is 133 Å². The highest BCUT2D eigenvalue weighted by Crippen LogP contribution is 2.51. The molecule has 1 aliphatic heterocycles. The van der Waals surface area contributed by atoms with Crippen molar-refractivity contribution in [2.75, 3.05) is 11.9 Å². The Morgan fingerprint density at radius 3 is 1.75 bits per heavy atom. The number of thioether (sulfide) groups is 1. The van der Waals surface area contributed by atoms with Gasteiger partial charge in [-0.3, -0.25) is 0 Å². The fourth-order valence-electron chi connectivity index (χ4n) is 7.74. The van der Waals surface area contributed by atoms with Gasteiger partial charge in [0.15, 0.2) is 0 Å². The van der Waals surface area contributed by atoms with Crippen molar-refractivity contribution < 1.29 is 45.4 Å². The molecule has 7 rings (SSSR count). The predicted molar refractivity (Wildman–Crippen MR) is 232 cm³/mol. The van der Waals surface area contributed by atoms with Crippen molar-refractivity contribution in [3.05, 3.63) is 202 Å². The monoisotopic (exact) mass is 882 g/mol. The lowest BCUT2D eigenvalue weighted by molar-refractivity contribution is -0.156. The van der Waals surface area contributed by atoms with E-state index in [9.17, 15) is 35.9 Å². The molecule has 6 nitrogen and oxygen atoms in total. The van der Waals surface area contributed by atoms with E-state index in [2.05, 4.69) is 47.0 Å². The number of hydrogen-bond acceptors (Lipinski definition) is 7. The Labute approximate surface area is 366 Å². The number of ether oxygens (including phenoxy) is 2. The van der Waals surface area contributed by atoms with E-state index in [1.807, 2.05) is 54.6 Å². The molecule has 326 valence electrons. The second-order valence-corrected chi connectivity index (χ2v) is 17.7. The summed E-state index contributed by atoms with van der Waals surface area (Å²) in [6, 6.07) is 39.1. The molecule has 1 aliphatic rings. The molecule has 0 radical (unpaired) electrons. The van der Waals surface area contributed by atoms with Gasteiger partial charge >= 0.3 is 11.9 Å². The number of aryl methyl sites for hydroxylation is 2. The summed E-state index contributed by atoms with van der Waals surface area (Å²) in [7, 11) is 0. The maximum absolute atomic E-state index is 14.8. The van der Waals surface area contributed by atoms with Gasteiger partial charge in [-0.2, -0.15) is 8.78 Å². The minimum atomic E-state index is -2.41. The molecule has 3 unspecified atom stereocenters. The number of nitrogens with one attached hydrogen (secondary N) is 2. The zero-order chi connectivity index (χ0) is 44.9. The standard InChI is InChI=1S/C50H44F6N2O4S/c1-49(2,3)62-48(60)45(39-28-37(29-57-39)63-50(32-13-7-4-8-14-32,33-15-9-5-10-16-33)34-17-11-6-12-18-34)58-36-26-23-31(22-19-30-20-24-35(51)25-21-30)38(27-36)47(59)61-46-43(55)41(53)40(52)42(54)44(46)56/h4-18,20-21,23-27,37,39,45,57-58H,19,22,28-29H2,1-3H3. The van der Waals surface area contributed by atoms with Gasteiger partial charge in [-0.1, -0.05) is 109 Å². The molecule has 1 saturated heterocycles. The molecule has 0 aromatic heterocycles. The fourth-order valence-corrected chi connectivity index (χ4v) is 9.54. The van der Waals surface area contributed by atoms with Crippen molar-refractivity contribution >= 4 is 29.4 Å². The summed E-state index contributed by atoms with van der Waals surface area (Å²) in [5, 5.41) is 6.70. The summed E-state index contributed by atoms with van der Waals surface area (Å²) in [5.74, 6) is -15.8. The molecule has 1 heterocycles. The predicted octanol–water partition coefficient (Wildman–Crippen LogP) is 11.1. The maximum Gasteiger partial charge on any atom is 0.344 e. The third-order valence-corrected chi connectivity index (χ3v) is 12.4. The molecule has 0 aliphatic carbocycles. The zero-order valence-electron chi connectivity index (χ0n) is 34.6. The summed E-state index contributed by atoms with van der Waals surface area (Å²) in [6.07, 6.45) is 0.886. The van der Waals surface area contributed by atoms with E-state index >= 15 is 0 Å². The first-order valence-electron chi connectivity index (χ1n) is 20.3. The molecule has 0 amide bonds. The minimum absolute atomic E-state index is 0.0528. The van der Waals surface area contributed by atoms with Gasteiger partial charge in [0.1, 0.15) is 17.5 Å². The molecule has 1 fully saturated rings. The van der Waals surface area contributed by atoms with Gasteiger partial charge in [-0.15, -0.1) is 11.8 Å². The van der Waals surface area contributed by atoms with Crippen LogP contribution in [-0.4, -0.2) is 41.4 Å². The number of carbonyl (C=O) groups is 2. The quantitative estimate of drug-likeness (QED) is 0.0282. The Kier molecular flexibility index (Phi) is 13.7. The molecule has 0 spiro atoms. The first-order valence-corrected chi connectivity index (χ1v) is 21.2. The molecular weight excluding hydrogens is 839 g/mol. The van der Waals surface area contributed by atoms with E-state index in [-0.39, 0.29) is 34.9 Å². The molecule has 3 atom stereocenters. The van der Waals surface area contributed by atoms with E-state index in [0.29, 0.717) is 18.5 Å². The lowest BCUT2D eigenvalue weighted by atomic mass is 9.84. The number of esters is 2. The molecule has 6 aromatic carbocycles. The minimum Gasteiger partial charge on any atom is -0.458 e. The van der Waals surface area contributed by atoms with Crippen LogP contribution in [0.25, 0.3) is 0 Å². The smallest absolute Gasteiger partial charge is 0.344 e. The number of carbonyl (C=O) groups excluding carboxylic acids is 2. The molecule has 0 bridgehead atoms. The van der Waals surface area contributed by atoms with Crippen LogP contribution in [0.2, 0.25) is 0 Å². The SMILES string of the molecule is CC(C)(C)OC(=O)C(Nc1ccc(CCc2ccc(F)cc2)c(C(=O)Oc2c(F)c(F)c(F)c(F)c2F)c1)C1CC(SC(c2ccccc2)(c2ccccc2)c2ccccc2)CN1. The van der Waals surface area contributed by atoms with Gasteiger partial charge in [0.2, 0.25) is 34.8 Å². The molecule has 63 heavy (non-hydrogen) atoms. The molecule has 0 saturated carbocycles. The van der Waals surface area contributed by atoms with Gasteiger partial charge in [0.05, 0.1) is 10.3 Å². The van der Waals surface area contributed by atoms with E-state index < -0.39 is 75.0 Å². The molecule has 13 heteroatoms. The van der Waals surface area contributed by atoms with Crippen molar-refractivity contribution in [1.29, 1.82) is 0 Å². The molecule has 2 N–H and O–H groups in total. The summed E-state index contributed by atoms with van der Waals surface area (Å²) in [4.78, 5) is 27.9. The van der Waals surface area contributed by atoms with Crippen LogP contribution in [0.3, 0.4) is 0 Å². The Hall–Kier alpha value is -6.05. The fraction of sp³-hybridized carbons (Fsp3) is 0.240. The Morgan fingerprint density at radius 2 is 1.22 bits per heavy atom. The summed E-state index contributed by atoms with van der Waals surface area (Å²) < 4.78 is 95.5. The highest BCUT2D eigenvalue weighted by Gasteiger charge is 2.44. The zero-order valence-corrected chi connectivity index (χ0v) is 35.4. The highest BCUT2D eigenvalue weighted by atomic mass is 32.2. The van der Waals surface area contributed by atoms with E-state index in [0.717, 1.165) is 16.7 Å². The summed E-state index contributed by atoms with van der Waals surface area (Å²) in [5.41, 5.74) is 3.22. The normalized spacial score (nSPS) is 15.8. The average molecular weight is 883 g/mol. The highest BCUT2D eigenvalue weighted by molar-refractivity contribution is 8.01. The number of rotatable bonds is 14. The van der Waals surface area contributed by atoms with Crippen LogP contribution in [0.5, 0.6) is 5.75 Å². The van der Waals surface area contributed by atoms with Gasteiger partial charge in [-0.25, -0.2) is 27.2 Å². The number of halogens is 6. The summed E-state index contributed by atoms with van der Waals surface area (Å²) >= 11 is 1.77. The third kappa shape index (κ3) is 10.1. The first kappa shape index (κ1) is 45.0. The van der Waals surface area contributed by atoms with E-state index in [1.165, 1.54) is 24.3 Å². The van der Waals surface area contributed by atoms with Crippen molar-refractivity contribution in [2.45, 2.75) is 67.7 Å². The Morgan fingerprint density at radius 1 is 0.698 bits per heavy atom. The van der Waals surface area contributed by atoms with E-state index in [1.54, 1.807) is 50.7 Å². The largest absolute Gasteiger partial charge is 0.458 e. The second-order valence-electron chi connectivity index (χ2n) is 16.2.